The number of hydrogen-bond acceptors (Lipinski definition) is 4. The van der Waals surface area contributed by atoms with E-state index in [9.17, 15) is 10.1 Å². The molecular weight excluding hydrogens is 242 g/mol. The third-order valence-corrected chi connectivity index (χ3v) is 2.41. The Morgan fingerprint density at radius 2 is 2.11 bits per heavy atom. The second-order valence-corrected chi connectivity index (χ2v) is 5.00. The fourth-order valence-corrected chi connectivity index (χ4v) is 1.75. The lowest BCUT2D eigenvalue weighted by Gasteiger charge is -2.36. The molecule has 0 aromatic carbocycles. The van der Waals surface area contributed by atoms with Gasteiger partial charge in [-0.25, -0.2) is 4.90 Å². The van der Waals surface area contributed by atoms with E-state index in [1.54, 1.807) is 18.3 Å². The number of aromatic nitrogens is 1. The standard InChI is InChI=1S/C13H17N5O/c1-10(19)18(13(2,3)4)12(15)17(9-14)11-6-5-7-16-8-11/h5-8,15H,1-4H3. The number of guanidine groups is 1. The quantitative estimate of drug-likeness (QED) is 0.361. The molecule has 1 rings (SSSR count). The molecule has 100 valence electrons. The van der Waals surface area contributed by atoms with E-state index in [4.69, 9.17) is 5.41 Å². The van der Waals surface area contributed by atoms with Gasteiger partial charge in [-0.3, -0.25) is 20.1 Å². The van der Waals surface area contributed by atoms with E-state index < -0.39 is 5.54 Å². The van der Waals surface area contributed by atoms with Crippen molar-refractivity contribution < 1.29 is 4.79 Å². The van der Waals surface area contributed by atoms with Crippen LogP contribution in [-0.2, 0) is 4.79 Å². The smallest absolute Gasteiger partial charge is 0.226 e. The molecule has 1 amide bonds. The molecule has 6 heteroatoms. The van der Waals surface area contributed by atoms with E-state index in [-0.39, 0.29) is 11.9 Å². The zero-order valence-corrected chi connectivity index (χ0v) is 11.5. The minimum absolute atomic E-state index is 0.185. The Morgan fingerprint density at radius 3 is 2.47 bits per heavy atom. The molecule has 0 bridgehead atoms. The molecular formula is C13H17N5O. The van der Waals surface area contributed by atoms with Gasteiger partial charge in [0.05, 0.1) is 11.9 Å². The third kappa shape index (κ3) is 3.28. The van der Waals surface area contributed by atoms with Crippen LogP contribution < -0.4 is 4.90 Å². The second-order valence-electron chi connectivity index (χ2n) is 5.00. The Morgan fingerprint density at radius 1 is 1.47 bits per heavy atom. The first-order valence-corrected chi connectivity index (χ1v) is 5.78. The van der Waals surface area contributed by atoms with Crippen LogP contribution in [0.3, 0.4) is 0 Å². The number of amides is 1. The molecule has 1 heterocycles. The van der Waals surface area contributed by atoms with Gasteiger partial charge in [0, 0.05) is 18.7 Å². The first-order chi connectivity index (χ1) is 8.79. The lowest BCUT2D eigenvalue weighted by Crippen LogP contribution is -2.53. The maximum atomic E-state index is 11.7. The summed E-state index contributed by atoms with van der Waals surface area (Å²) < 4.78 is 0. The van der Waals surface area contributed by atoms with Crippen LogP contribution in [0, 0.1) is 16.9 Å². The number of pyridine rings is 1. The maximum Gasteiger partial charge on any atom is 0.226 e. The van der Waals surface area contributed by atoms with Crippen molar-refractivity contribution in [2.75, 3.05) is 4.90 Å². The van der Waals surface area contributed by atoms with Crippen molar-refractivity contribution in [3.05, 3.63) is 24.5 Å². The Kier molecular flexibility index (Phi) is 4.22. The summed E-state index contributed by atoms with van der Waals surface area (Å²) in [5.74, 6) is -0.475. The lowest BCUT2D eigenvalue weighted by atomic mass is 10.1. The number of rotatable bonds is 1. The highest BCUT2D eigenvalue weighted by molar-refractivity contribution is 6.05. The Labute approximate surface area is 112 Å². The maximum absolute atomic E-state index is 11.7. The van der Waals surface area contributed by atoms with Gasteiger partial charge in [-0.05, 0) is 32.9 Å². The van der Waals surface area contributed by atoms with E-state index in [0.717, 1.165) is 4.90 Å². The summed E-state index contributed by atoms with van der Waals surface area (Å²) in [6.45, 7) is 6.80. The molecule has 19 heavy (non-hydrogen) atoms. The van der Waals surface area contributed by atoms with Gasteiger partial charge in [0.1, 0.15) is 0 Å². The molecule has 1 aromatic heterocycles. The Bertz CT molecular complexity index is 512. The topological polar surface area (TPSA) is 84.1 Å². The molecule has 0 aliphatic heterocycles. The molecule has 0 saturated carbocycles. The molecule has 0 aliphatic carbocycles. The molecule has 1 N–H and O–H groups in total. The van der Waals surface area contributed by atoms with Gasteiger partial charge in [0.2, 0.25) is 11.9 Å². The van der Waals surface area contributed by atoms with Gasteiger partial charge in [0.15, 0.2) is 6.19 Å². The van der Waals surface area contributed by atoms with Crippen LogP contribution in [0.2, 0.25) is 0 Å². The lowest BCUT2D eigenvalue weighted by molar-refractivity contribution is -0.128. The van der Waals surface area contributed by atoms with Crippen LogP contribution in [0.15, 0.2) is 24.5 Å². The number of carbonyl (C=O) groups is 1. The minimum atomic E-state index is -0.583. The van der Waals surface area contributed by atoms with Crippen LogP contribution in [0.4, 0.5) is 5.69 Å². The first kappa shape index (κ1) is 14.6. The highest BCUT2D eigenvalue weighted by Crippen LogP contribution is 2.19. The van der Waals surface area contributed by atoms with Crippen LogP contribution in [0.25, 0.3) is 0 Å². The van der Waals surface area contributed by atoms with E-state index >= 15 is 0 Å². The van der Waals surface area contributed by atoms with Crippen LogP contribution >= 0.6 is 0 Å². The number of nitrogens with zero attached hydrogens (tertiary/aromatic N) is 4. The number of nitrogens with one attached hydrogen (secondary N) is 1. The predicted octanol–water partition coefficient (Wildman–Crippen LogP) is 1.95. The average molecular weight is 259 g/mol. The van der Waals surface area contributed by atoms with Gasteiger partial charge in [-0.1, -0.05) is 0 Å². The molecule has 6 nitrogen and oxygen atoms in total. The van der Waals surface area contributed by atoms with Crippen molar-refractivity contribution in [2.45, 2.75) is 33.2 Å². The van der Waals surface area contributed by atoms with Crippen molar-refractivity contribution in [1.29, 1.82) is 10.7 Å². The van der Waals surface area contributed by atoms with Crippen molar-refractivity contribution in [1.82, 2.24) is 9.88 Å². The van der Waals surface area contributed by atoms with Crippen molar-refractivity contribution in [3.8, 4) is 6.19 Å². The van der Waals surface area contributed by atoms with Gasteiger partial charge < -0.3 is 0 Å². The molecule has 0 saturated heterocycles. The van der Waals surface area contributed by atoms with Gasteiger partial charge in [0.25, 0.3) is 0 Å². The summed E-state index contributed by atoms with van der Waals surface area (Å²) in [6.07, 6.45) is 4.95. The molecule has 0 spiro atoms. The first-order valence-electron chi connectivity index (χ1n) is 5.78. The summed E-state index contributed by atoms with van der Waals surface area (Å²) in [5, 5.41) is 17.3. The van der Waals surface area contributed by atoms with Crippen LogP contribution in [0.5, 0.6) is 0 Å². The summed E-state index contributed by atoms with van der Waals surface area (Å²) in [5.41, 5.74) is -0.134. The monoisotopic (exact) mass is 259 g/mol. The number of carbonyl (C=O) groups excluding carboxylic acids is 1. The third-order valence-electron chi connectivity index (χ3n) is 2.41. The highest BCUT2D eigenvalue weighted by atomic mass is 16.2. The minimum Gasteiger partial charge on any atom is -0.277 e. The summed E-state index contributed by atoms with van der Waals surface area (Å²) >= 11 is 0. The molecule has 0 aliphatic rings. The number of anilines is 1. The number of hydrogen-bond donors (Lipinski definition) is 1. The largest absolute Gasteiger partial charge is 0.277 e. The SMILES string of the molecule is CC(=O)N(C(=N)N(C#N)c1cccnc1)C(C)(C)C. The van der Waals surface area contributed by atoms with Gasteiger partial charge in [-0.15, -0.1) is 0 Å². The fraction of sp³-hybridized carbons (Fsp3) is 0.385. The average Bonchev–Trinajstić information content (AvgIpc) is 2.28. The molecule has 0 atom stereocenters. The summed E-state index contributed by atoms with van der Waals surface area (Å²) in [6, 6.07) is 3.33. The predicted molar refractivity (Wildman–Crippen MR) is 72.3 cm³/mol. The summed E-state index contributed by atoms with van der Waals surface area (Å²) in [4.78, 5) is 18.0. The molecule has 1 aromatic rings. The summed E-state index contributed by atoms with van der Waals surface area (Å²) in [7, 11) is 0. The van der Waals surface area contributed by atoms with Gasteiger partial charge in [-0.2, -0.15) is 5.26 Å². The van der Waals surface area contributed by atoms with Gasteiger partial charge >= 0.3 is 0 Å². The highest BCUT2D eigenvalue weighted by Gasteiger charge is 2.31. The Balaban J connectivity index is 3.16. The van der Waals surface area contributed by atoms with E-state index in [1.807, 2.05) is 27.0 Å². The molecule has 0 unspecified atom stereocenters. The van der Waals surface area contributed by atoms with Crippen LogP contribution in [0.1, 0.15) is 27.7 Å². The van der Waals surface area contributed by atoms with Crippen molar-refractivity contribution in [2.24, 2.45) is 0 Å². The Hall–Kier alpha value is -2.42. The van der Waals surface area contributed by atoms with E-state index in [0.29, 0.717) is 5.69 Å². The zero-order chi connectivity index (χ0) is 14.6. The molecule has 0 radical (unpaired) electrons. The number of nitriles is 1. The zero-order valence-electron chi connectivity index (χ0n) is 11.5. The van der Waals surface area contributed by atoms with Crippen molar-refractivity contribution >= 4 is 17.6 Å². The van der Waals surface area contributed by atoms with E-state index in [1.165, 1.54) is 18.0 Å². The molecule has 0 fully saturated rings. The fourth-order valence-electron chi connectivity index (χ4n) is 1.75. The second kappa shape index (κ2) is 5.48. The van der Waals surface area contributed by atoms with E-state index in [2.05, 4.69) is 4.98 Å². The van der Waals surface area contributed by atoms with Crippen molar-refractivity contribution in [3.63, 3.8) is 0 Å². The van der Waals surface area contributed by atoms with Crippen LogP contribution in [-0.4, -0.2) is 27.3 Å². The normalized spacial score (nSPS) is 10.5.